The van der Waals surface area contributed by atoms with E-state index in [0.29, 0.717) is 18.6 Å². The van der Waals surface area contributed by atoms with E-state index in [1.54, 1.807) is 23.1 Å². The van der Waals surface area contributed by atoms with E-state index >= 15 is 0 Å². The van der Waals surface area contributed by atoms with E-state index < -0.39 is 11.1 Å². The molecule has 0 atom stereocenters. The normalized spacial score (nSPS) is 11.3. The predicted octanol–water partition coefficient (Wildman–Crippen LogP) is 3.50. The number of anilines is 1. The van der Waals surface area contributed by atoms with Gasteiger partial charge in [-0.25, -0.2) is 10.0 Å². The van der Waals surface area contributed by atoms with Crippen LogP contribution in [0.2, 0.25) is 0 Å². The van der Waals surface area contributed by atoms with Crippen LogP contribution in [0.3, 0.4) is 0 Å². The van der Waals surface area contributed by atoms with E-state index in [0.717, 1.165) is 16.7 Å². The molecule has 0 amide bonds. The Morgan fingerprint density at radius 2 is 1.39 bits per heavy atom. The summed E-state index contributed by atoms with van der Waals surface area (Å²) in [6.45, 7) is 0.160. The maximum Gasteiger partial charge on any atom is 0.280 e. The smallest absolute Gasteiger partial charge is 0.280 e. The van der Waals surface area contributed by atoms with Crippen molar-refractivity contribution in [3.63, 3.8) is 0 Å². The molecule has 41 heavy (non-hydrogen) atoms. The van der Waals surface area contributed by atoms with Crippen LogP contribution in [0, 0.1) is 16.7 Å². The summed E-state index contributed by atoms with van der Waals surface area (Å²) in [5, 5.41) is 32.6. The van der Waals surface area contributed by atoms with Crippen molar-refractivity contribution < 1.29 is 15.1 Å². The van der Waals surface area contributed by atoms with Gasteiger partial charge in [0.15, 0.2) is 11.2 Å². The summed E-state index contributed by atoms with van der Waals surface area (Å²) in [6, 6.07) is 29.8. The van der Waals surface area contributed by atoms with Crippen molar-refractivity contribution in [1.29, 1.82) is 10.8 Å². The number of nitrogens with zero attached hydrogens (tertiary/aromatic N) is 6. The van der Waals surface area contributed by atoms with Gasteiger partial charge in [-0.1, -0.05) is 91.0 Å². The average Bonchev–Trinajstić information content (AvgIpc) is 3.46. The molecule has 0 bridgehead atoms. The van der Waals surface area contributed by atoms with E-state index in [2.05, 4.69) is 9.97 Å². The molecule has 0 spiro atoms. The molecule has 0 fully saturated rings. The van der Waals surface area contributed by atoms with Crippen molar-refractivity contribution in [2.24, 2.45) is 5.92 Å². The van der Waals surface area contributed by atoms with Gasteiger partial charge in [-0.2, -0.15) is 4.98 Å². The molecular weight excluding hydrogens is 522 g/mol. The quantitative estimate of drug-likeness (QED) is 0.126. The molecule has 0 aliphatic carbocycles. The van der Waals surface area contributed by atoms with Gasteiger partial charge in [0.25, 0.3) is 5.56 Å². The molecular formula is C30H31N7O4. The molecule has 5 rings (SSSR count). The van der Waals surface area contributed by atoms with Crippen LogP contribution in [0.25, 0.3) is 11.2 Å². The zero-order valence-corrected chi connectivity index (χ0v) is 22.5. The second-order valence-electron chi connectivity index (χ2n) is 9.30. The number of aryl methyl sites for hydroxylation is 1. The first kappa shape index (κ1) is 29.1. The third-order valence-corrected chi connectivity index (χ3v) is 7.01. The SMILES string of the molecule is CON(c1nc2c(ncn2CCC(CO)CO)c(=O)[nH]1)C(c1ccccc1)(c1ccccc1)c1ccccc1.N#N. The Morgan fingerprint density at radius 3 is 1.83 bits per heavy atom. The number of imidazole rings is 1. The molecule has 2 heterocycles. The summed E-state index contributed by atoms with van der Waals surface area (Å²) in [6.07, 6.45) is 2.05. The van der Waals surface area contributed by atoms with Gasteiger partial charge in [0, 0.05) is 36.5 Å². The van der Waals surface area contributed by atoms with Crippen molar-refractivity contribution >= 4 is 17.1 Å². The summed E-state index contributed by atoms with van der Waals surface area (Å²) < 4.78 is 1.76. The molecule has 0 aliphatic rings. The van der Waals surface area contributed by atoms with Crippen LogP contribution in [0.4, 0.5) is 5.95 Å². The largest absolute Gasteiger partial charge is 0.396 e. The van der Waals surface area contributed by atoms with Crippen LogP contribution in [-0.2, 0) is 16.9 Å². The lowest BCUT2D eigenvalue weighted by Gasteiger charge is -2.43. The van der Waals surface area contributed by atoms with Crippen LogP contribution < -0.4 is 10.6 Å². The van der Waals surface area contributed by atoms with Gasteiger partial charge < -0.3 is 14.8 Å². The summed E-state index contributed by atoms with van der Waals surface area (Å²) in [5.74, 6) is -0.0737. The first-order valence-electron chi connectivity index (χ1n) is 13.0. The number of aliphatic hydroxyl groups is 2. The topological polar surface area (TPSA) is 164 Å². The molecule has 0 aliphatic heterocycles. The zero-order valence-electron chi connectivity index (χ0n) is 22.5. The minimum Gasteiger partial charge on any atom is -0.396 e. The Kier molecular flexibility index (Phi) is 9.55. The Labute approximate surface area is 236 Å². The summed E-state index contributed by atoms with van der Waals surface area (Å²) in [5.41, 5.74) is 1.89. The Hall–Kier alpha value is -4.89. The Balaban J connectivity index is 0.00000189. The summed E-state index contributed by atoms with van der Waals surface area (Å²) in [4.78, 5) is 31.4. The minimum absolute atomic E-state index is 0.131. The van der Waals surface area contributed by atoms with Gasteiger partial charge in [0.1, 0.15) is 5.54 Å². The fourth-order valence-corrected chi connectivity index (χ4v) is 5.04. The number of fused-ring (bicyclic) bond motifs is 1. The fourth-order valence-electron chi connectivity index (χ4n) is 5.04. The van der Waals surface area contributed by atoms with Crippen molar-refractivity contribution in [3.8, 4) is 0 Å². The fraction of sp³-hybridized carbons (Fsp3) is 0.233. The van der Waals surface area contributed by atoms with Gasteiger partial charge in [0.05, 0.1) is 13.4 Å². The van der Waals surface area contributed by atoms with Crippen LogP contribution >= 0.6 is 0 Å². The van der Waals surface area contributed by atoms with Gasteiger partial charge >= 0.3 is 0 Å². The van der Waals surface area contributed by atoms with Gasteiger partial charge in [0.2, 0.25) is 5.95 Å². The summed E-state index contributed by atoms with van der Waals surface area (Å²) in [7, 11) is 1.55. The number of benzene rings is 3. The zero-order chi connectivity index (χ0) is 29.2. The molecule has 0 saturated heterocycles. The third-order valence-electron chi connectivity index (χ3n) is 7.01. The third kappa shape index (κ3) is 5.57. The average molecular weight is 554 g/mol. The minimum atomic E-state index is -1.02. The molecule has 0 radical (unpaired) electrons. The van der Waals surface area contributed by atoms with E-state index in [1.165, 1.54) is 0 Å². The van der Waals surface area contributed by atoms with Gasteiger partial charge in [-0.05, 0) is 23.1 Å². The number of hydroxylamine groups is 1. The maximum atomic E-state index is 13.3. The molecule has 2 aromatic heterocycles. The van der Waals surface area contributed by atoms with Crippen LogP contribution in [0.5, 0.6) is 0 Å². The lowest BCUT2D eigenvalue weighted by molar-refractivity contribution is 0.118. The number of hydrogen-bond acceptors (Lipinski definition) is 9. The monoisotopic (exact) mass is 553 g/mol. The van der Waals surface area contributed by atoms with Crippen molar-refractivity contribution in [1.82, 2.24) is 19.5 Å². The number of aromatic nitrogens is 4. The highest BCUT2D eigenvalue weighted by atomic mass is 16.7. The van der Waals surface area contributed by atoms with Crippen molar-refractivity contribution in [2.45, 2.75) is 18.5 Å². The number of nitrogens with one attached hydrogen (secondary N) is 1. The molecule has 3 N–H and O–H groups in total. The lowest BCUT2D eigenvalue weighted by atomic mass is 9.76. The van der Waals surface area contributed by atoms with Crippen LogP contribution in [-0.4, -0.2) is 50.1 Å². The van der Waals surface area contributed by atoms with E-state index in [-0.39, 0.29) is 30.6 Å². The van der Waals surface area contributed by atoms with Crippen LogP contribution in [0.15, 0.2) is 102 Å². The molecule has 3 aromatic carbocycles. The molecule has 0 saturated carbocycles. The van der Waals surface area contributed by atoms with Gasteiger partial charge in [-0.15, -0.1) is 0 Å². The maximum absolute atomic E-state index is 13.3. The number of rotatable bonds is 11. The van der Waals surface area contributed by atoms with E-state index in [4.69, 9.17) is 20.6 Å². The first-order valence-corrected chi connectivity index (χ1v) is 13.0. The van der Waals surface area contributed by atoms with Crippen molar-refractivity contribution in [3.05, 3.63) is 124 Å². The highest BCUT2D eigenvalue weighted by Crippen LogP contribution is 2.43. The molecule has 210 valence electrons. The molecule has 11 nitrogen and oxygen atoms in total. The molecule has 11 heteroatoms. The summed E-state index contributed by atoms with van der Waals surface area (Å²) >= 11 is 0. The highest BCUT2D eigenvalue weighted by Gasteiger charge is 2.45. The first-order chi connectivity index (χ1) is 20.1. The van der Waals surface area contributed by atoms with E-state index in [1.807, 2.05) is 91.0 Å². The van der Waals surface area contributed by atoms with Gasteiger partial charge in [-0.3, -0.25) is 14.6 Å². The predicted molar refractivity (Wildman–Crippen MR) is 153 cm³/mol. The standard InChI is InChI=1S/C30H31N5O4.N2/c1-39-35(29-32-27-26(28(38)33-29)31-21-34(27)18-17-22(19-36)20-37)30(23-11-5-2-6-12-23,24-13-7-3-8-14-24)25-15-9-4-10-16-25;1-2/h2-16,21-22,36-37H,17-20H2,1H3,(H,32,33,38);. The Bertz CT molecular complexity index is 1500. The Morgan fingerprint density at radius 1 is 0.902 bits per heavy atom. The van der Waals surface area contributed by atoms with E-state index in [9.17, 15) is 15.0 Å². The second-order valence-corrected chi connectivity index (χ2v) is 9.30. The second kappa shape index (κ2) is 13.5. The molecule has 0 unspecified atom stereocenters. The number of H-pyrrole nitrogens is 1. The van der Waals surface area contributed by atoms with Crippen molar-refractivity contribution in [2.75, 3.05) is 25.4 Å². The number of hydrogen-bond donors (Lipinski definition) is 3. The number of aliphatic hydroxyl groups excluding tert-OH is 2. The number of aromatic amines is 1. The highest BCUT2D eigenvalue weighted by molar-refractivity contribution is 5.71. The lowest BCUT2D eigenvalue weighted by Crippen LogP contribution is -2.49. The van der Waals surface area contributed by atoms with Crippen LogP contribution in [0.1, 0.15) is 23.1 Å². The molecule has 5 aromatic rings.